The molecule has 0 radical (unpaired) electrons. The summed E-state index contributed by atoms with van der Waals surface area (Å²) in [7, 11) is 1.65. The SMILES string of the molecule is COc1ccccc1-c1c[nH]cc1C(=O)N[C@H](C)C1CCC(c2ccccc2)CC1. The number of benzene rings is 2. The van der Waals surface area contributed by atoms with Crippen LogP contribution in [0.5, 0.6) is 5.75 Å². The molecule has 1 atom stereocenters. The van der Waals surface area contributed by atoms with E-state index in [4.69, 9.17) is 4.74 Å². The van der Waals surface area contributed by atoms with Gasteiger partial charge in [-0.2, -0.15) is 0 Å². The van der Waals surface area contributed by atoms with Crippen LogP contribution in [0.15, 0.2) is 67.0 Å². The van der Waals surface area contributed by atoms with Gasteiger partial charge in [-0.25, -0.2) is 0 Å². The van der Waals surface area contributed by atoms with Crippen LogP contribution in [0.3, 0.4) is 0 Å². The maximum absolute atomic E-state index is 13.1. The molecular formula is C26H30N2O2. The van der Waals surface area contributed by atoms with Crippen molar-refractivity contribution in [3.05, 3.63) is 78.1 Å². The van der Waals surface area contributed by atoms with Crippen molar-refractivity contribution >= 4 is 5.91 Å². The summed E-state index contributed by atoms with van der Waals surface area (Å²) in [5, 5.41) is 3.25. The number of methoxy groups -OCH3 is 1. The lowest BCUT2D eigenvalue weighted by Crippen LogP contribution is -2.39. The molecular weight excluding hydrogens is 372 g/mol. The Bertz CT molecular complexity index is 971. The summed E-state index contributed by atoms with van der Waals surface area (Å²) in [5.41, 5.74) is 3.89. The lowest BCUT2D eigenvalue weighted by atomic mass is 9.76. The summed E-state index contributed by atoms with van der Waals surface area (Å²) in [6.07, 6.45) is 8.30. The first kappa shape index (κ1) is 20.3. The quantitative estimate of drug-likeness (QED) is 0.549. The van der Waals surface area contributed by atoms with Crippen LogP contribution in [0.1, 0.15) is 54.4 Å². The second kappa shape index (κ2) is 9.21. The molecule has 156 valence electrons. The normalized spacial score (nSPS) is 19.8. The van der Waals surface area contributed by atoms with E-state index in [0.29, 0.717) is 17.4 Å². The molecule has 4 heteroatoms. The molecule has 3 aromatic rings. The fraction of sp³-hybridized carbons (Fsp3) is 0.346. The molecule has 1 saturated carbocycles. The molecule has 1 aliphatic carbocycles. The average Bonchev–Trinajstić information content (AvgIpc) is 3.29. The number of rotatable bonds is 6. The van der Waals surface area contributed by atoms with Gasteiger partial charge in [0.1, 0.15) is 5.75 Å². The third kappa shape index (κ3) is 4.28. The van der Waals surface area contributed by atoms with Crippen LogP contribution in [0.4, 0.5) is 0 Å². The van der Waals surface area contributed by atoms with Crippen LogP contribution in [0.25, 0.3) is 11.1 Å². The van der Waals surface area contributed by atoms with E-state index >= 15 is 0 Å². The number of aromatic amines is 1. The molecule has 1 aromatic heterocycles. The van der Waals surface area contributed by atoms with E-state index in [1.54, 1.807) is 13.3 Å². The van der Waals surface area contributed by atoms with Crippen LogP contribution in [-0.4, -0.2) is 24.0 Å². The van der Waals surface area contributed by atoms with Gasteiger partial charge in [-0.15, -0.1) is 0 Å². The van der Waals surface area contributed by atoms with Gasteiger partial charge in [0.15, 0.2) is 0 Å². The fourth-order valence-electron chi connectivity index (χ4n) is 4.72. The maximum Gasteiger partial charge on any atom is 0.253 e. The maximum atomic E-state index is 13.1. The van der Waals surface area contributed by atoms with Crippen molar-refractivity contribution in [3.63, 3.8) is 0 Å². The van der Waals surface area contributed by atoms with E-state index in [1.807, 2.05) is 30.5 Å². The Morgan fingerprint density at radius 1 is 0.967 bits per heavy atom. The summed E-state index contributed by atoms with van der Waals surface area (Å²) < 4.78 is 5.48. The minimum Gasteiger partial charge on any atom is -0.496 e. The van der Waals surface area contributed by atoms with Gasteiger partial charge < -0.3 is 15.0 Å². The summed E-state index contributed by atoms with van der Waals surface area (Å²) in [6.45, 7) is 2.14. The Morgan fingerprint density at radius 3 is 2.40 bits per heavy atom. The van der Waals surface area contributed by atoms with Gasteiger partial charge in [-0.3, -0.25) is 4.79 Å². The second-order valence-corrected chi connectivity index (χ2v) is 8.27. The van der Waals surface area contributed by atoms with E-state index in [9.17, 15) is 4.79 Å². The largest absolute Gasteiger partial charge is 0.496 e. The van der Waals surface area contributed by atoms with Crippen LogP contribution in [-0.2, 0) is 0 Å². The highest BCUT2D eigenvalue weighted by atomic mass is 16.5. The van der Waals surface area contributed by atoms with Crippen molar-refractivity contribution in [1.29, 1.82) is 0 Å². The summed E-state index contributed by atoms with van der Waals surface area (Å²) in [4.78, 5) is 16.2. The Balaban J connectivity index is 1.40. The average molecular weight is 403 g/mol. The Morgan fingerprint density at radius 2 is 1.67 bits per heavy atom. The highest BCUT2D eigenvalue weighted by molar-refractivity contribution is 6.01. The zero-order valence-corrected chi connectivity index (χ0v) is 17.7. The molecule has 4 rings (SSSR count). The zero-order valence-electron chi connectivity index (χ0n) is 17.7. The van der Waals surface area contributed by atoms with Gasteiger partial charge in [0.05, 0.1) is 12.7 Å². The lowest BCUT2D eigenvalue weighted by molar-refractivity contribution is 0.0918. The van der Waals surface area contributed by atoms with Gasteiger partial charge in [-0.05, 0) is 56.1 Å². The summed E-state index contributed by atoms with van der Waals surface area (Å²) >= 11 is 0. The predicted molar refractivity (Wildman–Crippen MR) is 121 cm³/mol. The third-order valence-electron chi connectivity index (χ3n) is 6.50. The first-order chi connectivity index (χ1) is 14.7. The molecule has 0 bridgehead atoms. The molecule has 1 aliphatic rings. The van der Waals surface area contributed by atoms with E-state index in [0.717, 1.165) is 29.7 Å². The molecule has 1 fully saturated rings. The standard InChI is InChI=1S/C26H30N2O2/c1-18(19-12-14-21(15-13-19)20-8-4-3-5-9-20)28-26(29)24-17-27-16-23(24)22-10-6-7-11-25(22)30-2/h3-11,16-19,21,27H,12-15H2,1-2H3,(H,28,29)/t18-,19?,21?/m1/s1. The minimum atomic E-state index is -0.0326. The van der Waals surface area contributed by atoms with Gasteiger partial charge in [0.25, 0.3) is 5.91 Å². The number of aromatic nitrogens is 1. The number of para-hydroxylation sites is 1. The Kier molecular flexibility index (Phi) is 6.22. The Labute approximate surface area is 178 Å². The van der Waals surface area contributed by atoms with Crippen molar-refractivity contribution in [3.8, 4) is 16.9 Å². The number of amides is 1. The van der Waals surface area contributed by atoms with Gasteiger partial charge >= 0.3 is 0 Å². The zero-order chi connectivity index (χ0) is 20.9. The first-order valence-electron chi connectivity index (χ1n) is 10.8. The number of nitrogens with one attached hydrogen (secondary N) is 2. The second-order valence-electron chi connectivity index (χ2n) is 8.27. The minimum absolute atomic E-state index is 0.0326. The molecule has 2 aromatic carbocycles. The lowest BCUT2D eigenvalue weighted by Gasteiger charge is -2.33. The van der Waals surface area contributed by atoms with Gasteiger partial charge in [0.2, 0.25) is 0 Å². The molecule has 0 saturated heterocycles. The topological polar surface area (TPSA) is 54.1 Å². The van der Waals surface area contributed by atoms with E-state index in [-0.39, 0.29) is 11.9 Å². The first-order valence-corrected chi connectivity index (χ1v) is 10.8. The molecule has 2 N–H and O–H groups in total. The van der Waals surface area contributed by atoms with Crippen molar-refractivity contribution in [2.24, 2.45) is 5.92 Å². The van der Waals surface area contributed by atoms with Crippen LogP contribution < -0.4 is 10.1 Å². The summed E-state index contributed by atoms with van der Waals surface area (Å²) in [6, 6.07) is 18.7. The number of H-pyrrole nitrogens is 1. The highest BCUT2D eigenvalue weighted by Crippen LogP contribution is 2.37. The molecule has 0 aliphatic heterocycles. The molecule has 0 spiro atoms. The van der Waals surface area contributed by atoms with Crippen LogP contribution >= 0.6 is 0 Å². The number of hydrogen-bond donors (Lipinski definition) is 2. The van der Waals surface area contributed by atoms with E-state index in [2.05, 4.69) is 47.6 Å². The monoisotopic (exact) mass is 402 g/mol. The van der Waals surface area contributed by atoms with Crippen LogP contribution in [0, 0.1) is 5.92 Å². The number of ether oxygens (including phenoxy) is 1. The Hall–Kier alpha value is -3.01. The van der Waals surface area contributed by atoms with Crippen molar-refractivity contribution in [2.75, 3.05) is 7.11 Å². The smallest absolute Gasteiger partial charge is 0.253 e. The van der Waals surface area contributed by atoms with Gasteiger partial charge in [-0.1, -0.05) is 48.5 Å². The molecule has 4 nitrogen and oxygen atoms in total. The van der Waals surface area contributed by atoms with Gasteiger partial charge in [0, 0.05) is 29.6 Å². The highest BCUT2D eigenvalue weighted by Gasteiger charge is 2.27. The van der Waals surface area contributed by atoms with E-state index in [1.165, 1.54) is 18.4 Å². The van der Waals surface area contributed by atoms with Crippen molar-refractivity contribution in [1.82, 2.24) is 10.3 Å². The number of carbonyl (C=O) groups is 1. The van der Waals surface area contributed by atoms with Crippen molar-refractivity contribution < 1.29 is 9.53 Å². The fourth-order valence-corrected chi connectivity index (χ4v) is 4.72. The predicted octanol–water partition coefficient (Wildman–Crippen LogP) is 5.78. The third-order valence-corrected chi connectivity index (χ3v) is 6.50. The number of hydrogen-bond acceptors (Lipinski definition) is 2. The number of carbonyl (C=O) groups excluding carboxylic acids is 1. The van der Waals surface area contributed by atoms with Crippen molar-refractivity contribution in [2.45, 2.75) is 44.6 Å². The van der Waals surface area contributed by atoms with E-state index < -0.39 is 0 Å². The van der Waals surface area contributed by atoms with Crippen LogP contribution in [0.2, 0.25) is 0 Å². The molecule has 0 unspecified atom stereocenters. The molecule has 30 heavy (non-hydrogen) atoms. The molecule has 1 amide bonds. The molecule has 1 heterocycles. The summed E-state index contributed by atoms with van der Waals surface area (Å²) in [5.74, 6) is 1.89.